The standard InChI is InChI=1S/C10H17F/c11-10-7-3-5-8-4-1-2-6-9(8)10/h8-10H,1-7H2/t8-,9+,10?/m0/s1. The Morgan fingerprint density at radius 3 is 2.36 bits per heavy atom. The molecule has 0 aromatic rings. The van der Waals surface area contributed by atoms with E-state index in [0.29, 0.717) is 5.92 Å². The Morgan fingerprint density at radius 2 is 1.55 bits per heavy atom. The van der Waals surface area contributed by atoms with Crippen LogP contribution in [0.1, 0.15) is 44.9 Å². The number of alkyl halides is 1. The molecule has 2 saturated carbocycles. The predicted molar refractivity (Wildman–Crippen MR) is 44.2 cm³/mol. The molecule has 0 saturated heterocycles. The van der Waals surface area contributed by atoms with E-state index in [0.717, 1.165) is 18.8 Å². The summed E-state index contributed by atoms with van der Waals surface area (Å²) in [6, 6.07) is 0. The van der Waals surface area contributed by atoms with E-state index in [1.54, 1.807) is 0 Å². The summed E-state index contributed by atoms with van der Waals surface area (Å²) in [5.74, 6) is 1.21. The van der Waals surface area contributed by atoms with Gasteiger partial charge in [-0.15, -0.1) is 0 Å². The predicted octanol–water partition coefficient (Wildman–Crippen LogP) is 3.31. The Balaban J connectivity index is 1.99. The van der Waals surface area contributed by atoms with E-state index in [9.17, 15) is 4.39 Å². The maximum absolute atomic E-state index is 13.3. The van der Waals surface area contributed by atoms with Crippen molar-refractivity contribution in [2.75, 3.05) is 0 Å². The van der Waals surface area contributed by atoms with Gasteiger partial charge in [-0.1, -0.05) is 25.7 Å². The first-order valence-corrected chi connectivity index (χ1v) is 5.02. The molecule has 2 aliphatic carbocycles. The lowest BCUT2D eigenvalue weighted by atomic mass is 9.70. The van der Waals surface area contributed by atoms with Gasteiger partial charge in [0.1, 0.15) is 6.17 Å². The van der Waals surface area contributed by atoms with Gasteiger partial charge in [-0.2, -0.15) is 0 Å². The molecule has 0 nitrogen and oxygen atoms in total. The van der Waals surface area contributed by atoms with Crippen molar-refractivity contribution in [1.82, 2.24) is 0 Å². The molecule has 2 aliphatic rings. The van der Waals surface area contributed by atoms with Crippen molar-refractivity contribution in [3.05, 3.63) is 0 Å². The average molecular weight is 156 g/mol. The molecule has 11 heavy (non-hydrogen) atoms. The van der Waals surface area contributed by atoms with Crippen molar-refractivity contribution in [3.63, 3.8) is 0 Å². The molecule has 2 rings (SSSR count). The molecule has 0 aliphatic heterocycles. The quantitative estimate of drug-likeness (QED) is 0.504. The first kappa shape index (κ1) is 7.57. The molecule has 0 N–H and O–H groups in total. The zero-order chi connectivity index (χ0) is 7.68. The Morgan fingerprint density at radius 1 is 0.818 bits per heavy atom. The summed E-state index contributed by atoms with van der Waals surface area (Å²) in [7, 11) is 0. The highest BCUT2D eigenvalue weighted by Gasteiger charge is 2.34. The van der Waals surface area contributed by atoms with E-state index in [2.05, 4.69) is 0 Å². The minimum absolute atomic E-state index is 0.450. The van der Waals surface area contributed by atoms with Gasteiger partial charge in [0.05, 0.1) is 0 Å². The highest BCUT2D eigenvalue weighted by Crippen LogP contribution is 2.41. The normalized spacial score (nSPS) is 45.0. The lowest BCUT2D eigenvalue weighted by molar-refractivity contribution is 0.0717. The maximum atomic E-state index is 13.3. The molecule has 0 heterocycles. The number of hydrogen-bond donors (Lipinski definition) is 0. The molecule has 0 aromatic heterocycles. The van der Waals surface area contributed by atoms with Gasteiger partial charge in [0.2, 0.25) is 0 Å². The fourth-order valence-electron chi connectivity index (χ4n) is 2.86. The molecule has 3 atom stereocenters. The van der Waals surface area contributed by atoms with Gasteiger partial charge < -0.3 is 0 Å². The molecule has 1 heteroatoms. The monoisotopic (exact) mass is 156 g/mol. The largest absolute Gasteiger partial charge is 0.247 e. The summed E-state index contributed by atoms with van der Waals surface area (Å²) in [5.41, 5.74) is 0. The van der Waals surface area contributed by atoms with E-state index in [4.69, 9.17) is 0 Å². The van der Waals surface area contributed by atoms with E-state index < -0.39 is 6.17 Å². The minimum Gasteiger partial charge on any atom is -0.247 e. The lowest BCUT2D eigenvalue weighted by Gasteiger charge is -2.37. The van der Waals surface area contributed by atoms with Crippen molar-refractivity contribution < 1.29 is 4.39 Å². The van der Waals surface area contributed by atoms with Crippen molar-refractivity contribution in [2.45, 2.75) is 51.1 Å². The van der Waals surface area contributed by atoms with E-state index in [1.165, 1.54) is 32.1 Å². The summed E-state index contributed by atoms with van der Waals surface area (Å²) in [5, 5.41) is 0. The number of hydrogen-bond acceptors (Lipinski definition) is 0. The van der Waals surface area contributed by atoms with E-state index >= 15 is 0 Å². The van der Waals surface area contributed by atoms with Crippen LogP contribution in [0.2, 0.25) is 0 Å². The molecule has 0 amide bonds. The molecular formula is C10H17F. The molecule has 2 fully saturated rings. The Hall–Kier alpha value is -0.0700. The highest BCUT2D eigenvalue weighted by molar-refractivity contribution is 4.84. The van der Waals surface area contributed by atoms with Gasteiger partial charge in [0.15, 0.2) is 0 Å². The van der Waals surface area contributed by atoms with Crippen molar-refractivity contribution >= 4 is 0 Å². The molecule has 0 bridgehead atoms. The van der Waals surface area contributed by atoms with Gasteiger partial charge in [0.25, 0.3) is 0 Å². The van der Waals surface area contributed by atoms with Crippen LogP contribution in [0.5, 0.6) is 0 Å². The van der Waals surface area contributed by atoms with Gasteiger partial charge in [-0.25, -0.2) is 4.39 Å². The minimum atomic E-state index is -0.450. The third-order valence-electron chi connectivity index (χ3n) is 3.49. The van der Waals surface area contributed by atoms with Crippen LogP contribution in [0, 0.1) is 11.8 Å². The van der Waals surface area contributed by atoms with Crippen LogP contribution in [0.3, 0.4) is 0 Å². The van der Waals surface area contributed by atoms with E-state index in [1.807, 2.05) is 0 Å². The first-order valence-electron chi connectivity index (χ1n) is 5.02. The van der Waals surface area contributed by atoms with E-state index in [-0.39, 0.29) is 0 Å². The van der Waals surface area contributed by atoms with Gasteiger partial charge >= 0.3 is 0 Å². The van der Waals surface area contributed by atoms with Crippen LogP contribution in [0.25, 0.3) is 0 Å². The smallest absolute Gasteiger partial charge is 0.103 e. The molecule has 0 spiro atoms. The number of rotatable bonds is 0. The molecule has 0 aromatic carbocycles. The van der Waals surface area contributed by atoms with Crippen LogP contribution < -0.4 is 0 Å². The Labute approximate surface area is 68.2 Å². The fraction of sp³-hybridized carbons (Fsp3) is 1.00. The maximum Gasteiger partial charge on any atom is 0.103 e. The summed E-state index contributed by atoms with van der Waals surface area (Å²) >= 11 is 0. The van der Waals surface area contributed by atoms with Gasteiger partial charge in [-0.3, -0.25) is 0 Å². The molecule has 1 unspecified atom stereocenters. The Bertz CT molecular complexity index is 131. The van der Waals surface area contributed by atoms with Crippen LogP contribution in [0.15, 0.2) is 0 Å². The third kappa shape index (κ3) is 1.43. The zero-order valence-corrected chi connectivity index (χ0v) is 7.06. The van der Waals surface area contributed by atoms with Crippen LogP contribution >= 0.6 is 0 Å². The average Bonchev–Trinajstić information content (AvgIpc) is 2.06. The summed E-state index contributed by atoms with van der Waals surface area (Å²) in [4.78, 5) is 0. The van der Waals surface area contributed by atoms with Gasteiger partial charge in [0, 0.05) is 0 Å². The molecule has 0 radical (unpaired) electrons. The second kappa shape index (κ2) is 3.12. The van der Waals surface area contributed by atoms with Crippen LogP contribution in [-0.4, -0.2) is 6.17 Å². The zero-order valence-electron chi connectivity index (χ0n) is 7.06. The van der Waals surface area contributed by atoms with Crippen molar-refractivity contribution in [1.29, 1.82) is 0 Å². The lowest BCUT2D eigenvalue weighted by Crippen LogP contribution is -2.31. The summed E-state index contributed by atoms with van der Waals surface area (Å²) in [6.45, 7) is 0. The number of fused-ring (bicyclic) bond motifs is 1. The topological polar surface area (TPSA) is 0 Å². The molecular weight excluding hydrogens is 139 g/mol. The van der Waals surface area contributed by atoms with Crippen molar-refractivity contribution in [3.8, 4) is 0 Å². The molecule has 64 valence electrons. The SMILES string of the molecule is FC1CCC[C@@H]2CCCC[C@@H]12. The van der Waals surface area contributed by atoms with Crippen molar-refractivity contribution in [2.24, 2.45) is 11.8 Å². The Kier molecular flexibility index (Phi) is 2.15. The number of halogens is 1. The summed E-state index contributed by atoms with van der Waals surface area (Å²) < 4.78 is 13.3. The highest BCUT2D eigenvalue weighted by atomic mass is 19.1. The fourth-order valence-corrected chi connectivity index (χ4v) is 2.86. The first-order chi connectivity index (χ1) is 5.38. The second-order valence-electron chi connectivity index (χ2n) is 4.16. The van der Waals surface area contributed by atoms with Crippen LogP contribution in [-0.2, 0) is 0 Å². The van der Waals surface area contributed by atoms with Crippen LogP contribution in [0.4, 0.5) is 4.39 Å². The summed E-state index contributed by atoms with van der Waals surface area (Å²) in [6.07, 6.45) is 7.97. The third-order valence-corrected chi connectivity index (χ3v) is 3.49. The second-order valence-corrected chi connectivity index (χ2v) is 4.16. The van der Waals surface area contributed by atoms with Gasteiger partial charge in [-0.05, 0) is 31.1 Å².